The smallest absolute Gasteiger partial charge is 0.316 e. The monoisotopic (exact) mass is 559 g/mol. The molecule has 1 aromatic heterocycles. The van der Waals surface area contributed by atoms with Crippen LogP contribution in [0, 0.1) is 17.3 Å². The molecule has 2 aromatic rings. The van der Waals surface area contributed by atoms with Gasteiger partial charge in [-0.25, -0.2) is 5.43 Å². The first-order valence-corrected chi connectivity index (χ1v) is 14.5. The summed E-state index contributed by atoms with van der Waals surface area (Å²) in [4.78, 5) is 58.3. The molecule has 216 valence electrons. The highest BCUT2D eigenvalue weighted by Crippen LogP contribution is 2.66. The summed E-state index contributed by atoms with van der Waals surface area (Å²) in [6, 6.07) is 7.91. The topological polar surface area (TPSA) is 130 Å². The minimum atomic E-state index is -1.24. The zero-order chi connectivity index (χ0) is 29.1. The molecule has 10 nitrogen and oxygen atoms in total. The fourth-order valence-corrected chi connectivity index (χ4v) is 6.25. The number of amides is 3. The normalized spacial score (nSPS) is 34.2. The second-order valence-corrected chi connectivity index (χ2v) is 12.5. The summed E-state index contributed by atoms with van der Waals surface area (Å²) in [5.74, 6) is -1.54. The molecule has 1 aromatic carbocycles. The molecule has 1 saturated heterocycles. The van der Waals surface area contributed by atoms with E-state index >= 15 is 0 Å². The Morgan fingerprint density at radius 1 is 0.951 bits per heavy atom. The maximum atomic E-state index is 13.6. The maximum absolute atomic E-state index is 13.6. The number of benzene rings is 1. The number of ether oxygens (including phenoxy) is 1. The molecule has 0 radical (unpaired) electrons. The Balaban J connectivity index is 1.35. The van der Waals surface area contributed by atoms with E-state index in [-0.39, 0.29) is 29.7 Å². The van der Waals surface area contributed by atoms with Crippen molar-refractivity contribution in [1.29, 1.82) is 0 Å². The number of fused-ring (bicyclic) bond motifs is 7. The van der Waals surface area contributed by atoms with Gasteiger partial charge in [-0.05, 0) is 71.1 Å². The van der Waals surface area contributed by atoms with Gasteiger partial charge in [-0.3, -0.25) is 29.2 Å². The van der Waals surface area contributed by atoms with E-state index in [1.54, 1.807) is 26.8 Å². The number of esters is 1. The summed E-state index contributed by atoms with van der Waals surface area (Å²) < 4.78 is 6.02. The van der Waals surface area contributed by atoms with Crippen LogP contribution in [0.25, 0.3) is 17.0 Å². The number of hydrogen-bond donors (Lipinski definition) is 3. The lowest BCUT2D eigenvalue weighted by molar-refractivity contribution is -0.166. The summed E-state index contributed by atoms with van der Waals surface area (Å²) >= 11 is 0. The van der Waals surface area contributed by atoms with Crippen LogP contribution in [-0.4, -0.2) is 57.9 Å². The average molecular weight is 560 g/mol. The molecule has 3 fully saturated rings. The van der Waals surface area contributed by atoms with Crippen molar-refractivity contribution in [2.24, 2.45) is 17.3 Å². The van der Waals surface area contributed by atoms with Crippen molar-refractivity contribution >= 4 is 40.7 Å². The van der Waals surface area contributed by atoms with E-state index in [1.807, 2.05) is 43.3 Å². The molecule has 2 unspecified atom stereocenters. The molecule has 5 bridgehead atoms. The number of carbonyl (C=O) groups is 4. The number of aromatic nitrogens is 1. The molecule has 3 N–H and O–H groups in total. The molecule has 2 aliphatic heterocycles. The van der Waals surface area contributed by atoms with Crippen LogP contribution in [0.3, 0.4) is 0 Å². The number of hydrazine groups is 1. The number of pyridine rings is 1. The third-order valence-corrected chi connectivity index (χ3v) is 9.13. The summed E-state index contributed by atoms with van der Waals surface area (Å²) in [5.41, 5.74) is 3.16. The van der Waals surface area contributed by atoms with E-state index < -0.39 is 35.0 Å². The first kappa shape index (κ1) is 27.4. The van der Waals surface area contributed by atoms with E-state index in [0.717, 1.165) is 29.3 Å². The highest BCUT2D eigenvalue weighted by atomic mass is 16.6. The van der Waals surface area contributed by atoms with Gasteiger partial charge in [0, 0.05) is 23.8 Å². The predicted molar refractivity (Wildman–Crippen MR) is 152 cm³/mol. The zero-order valence-corrected chi connectivity index (χ0v) is 23.9. The maximum Gasteiger partial charge on any atom is 0.316 e. The lowest BCUT2D eigenvalue weighted by Crippen LogP contribution is -2.61. The van der Waals surface area contributed by atoms with Crippen LogP contribution in [0.5, 0.6) is 0 Å². The summed E-state index contributed by atoms with van der Waals surface area (Å²) in [6.07, 6.45) is 6.46. The minimum absolute atomic E-state index is 0.0286. The molecule has 3 heterocycles. The van der Waals surface area contributed by atoms with Crippen molar-refractivity contribution in [3.8, 4) is 0 Å². The van der Waals surface area contributed by atoms with E-state index in [9.17, 15) is 19.2 Å². The minimum Gasteiger partial charge on any atom is -0.448 e. The SMILES string of the molecule is C[C@@H]1NC(=O)C2(OC(=O)C(C)(C)/C=C/c3ccc4ccc(nc4c3)[C@@H](C)NC(=O)[C@@H]3CCCN(N3)C1=O)C1CC[C@H]12. The number of hydrogen-bond acceptors (Lipinski definition) is 7. The third-order valence-electron chi connectivity index (χ3n) is 9.13. The Morgan fingerprint density at radius 3 is 2.41 bits per heavy atom. The van der Waals surface area contributed by atoms with Gasteiger partial charge in [0.25, 0.3) is 11.8 Å². The van der Waals surface area contributed by atoms with Gasteiger partial charge in [0.15, 0.2) is 5.60 Å². The molecule has 6 atom stereocenters. The Hall–Kier alpha value is -3.79. The molecular weight excluding hydrogens is 522 g/mol. The van der Waals surface area contributed by atoms with Crippen LogP contribution in [0.4, 0.5) is 0 Å². The fourth-order valence-electron chi connectivity index (χ4n) is 6.25. The van der Waals surface area contributed by atoms with Crippen LogP contribution >= 0.6 is 0 Å². The first-order valence-electron chi connectivity index (χ1n) is 14.5. The Morgan fingerprint density at radius 2 is 1.68 bits per heavy atom. The van der Waals surface area contributed by atoms with Gasteiger partial charge in [-0.15, -0.1) is 0 Å². The van der Waals surface area contributed by atoms with Gasteiger partial charge in [0.2, 0.25) is 5.91 Å². The number of nitrogens with zero attached hydrogens (tertiary/aromatic N) is 2. The lowest BCUT2D eigenvalue weighted by atomic mass is 9.92. The molecule has 4 aliphatic rings. The Bertz CT molecular complexity index is 1460. The number of rotatable bonds is 0. The van der Waals surface area contributed by atoms with Crippen molar-refractivity contribution in [3.63, 3.8) is 0 Å². The molecule has 10 heteroatoms. The zero-order valence-electron chi connectivity index (χ0n) is 23.9. The van der Waals surface area contributed by atoms with E-state index in [2.05, 4.69) is 16.1 Å². The predicted octanol–water partition coefficient (Wildman–Crippen LogP) is 2.79. The van der Waals surface area contributed by atoms with Crippen LogP contribution in [0.15, 0.2) is 36.4 Å². The van der Waals surface area contributed by atoms with Gasteiger partial charge in [0.05, 0.1) is 22.7 Å². The second-order valence-electron chi connectivity index (χ2n) is 12.5. The van der Waals surface area contributed by atoms with E-state index in [1.165, 1.54) is 5.01 Å². The third kappa shape index (κ3) is 4.77. The quantitative estimate of drug-likeness (QED) is 0.423. The summed E-state index contributed by atoms with van der Waals surface area (Å²) in [6.45, 7) is 7.45. The summed E-state index contributed by atoms with van der Waals surface area (Å²) in [7, 11) is 0. The highest BCUT2D eigenvalue weighted by molar-refractivity contribution is 5.97. The molecule has 3 amide bonds. The van der Waals surface area contributed by atoms with Gasteiger partial charge in [-0.1, -0.05) is 30.4 Å². The highest BCUT2D eigenvalue weighted by Gasteiger charge is 2.77. The van der Waals surface area contributed by atoms with Crippen LogP contribution in [-0.2, 0) is 23.9 Å². The molecular formula is C31H37N5O5. The standard InChI is InChI=1S/C31H37N5O5/c1-17-23-12-9-20-8-7-19(16-25(20)34-23)13-14-30(3,4)29(40)41-31(21-10-11-22(21)31)28(39)33-18(2)27(38)36-15-5-6-24(35-36)26(37)32-17/h7-9,12-14,16-18,21-22,24,35H,5-6,10-11,15H2,1-4H3,(H,32,37)(H,33,39)/b14-13+/t17-,18+,21-,22?,24+,31?/m1/s1. The van der Waals surface area contributed by atoms with Crippen molar-refractivity contribution in [2.45, 2.75) is 77.1 Å². The largest absolute Gasteiger partial charge is 0.448 e. The molecule has 2 saturated carbocycles. The summed E-state index contributed by atoms with van der Waals surface area (Å²) in [5, 5.41) is 8.21. The Kier molecular flexibility index (Phi) is 6.64. The number of carbonyl (C=O) groups excluding carboxylic acids is 4. The molecule has 2 aliphatic carbocycles. The van der Waals surface area contributed by atoms with E-state index in [0.29, 0.717) is 25.1 Å². The van der Waals surface area contributed by atoms with Crippen molar-refractivity contribution in [1.82, 2.24) is 26.1 Å². The molecule has 1 spiro atoms. The molecule has 6 rings (SSSR count). The van der Waals surface area contributed by atoms with Gasteiger partial charge in [0.1, 0.15) is 12.1 Å². The van der Waals surface area contributed by atoms with Crippen LogP contribution in [0.2, 0.25) is 0 Å². The van der Waals surface area contributed by atoms with Gasteiger partial charge in [-0.2, -0.15) is 0 Å². The number of nitrogens with one attached hydrogen (secondary N) is 3. The lowest BCUT2D eigenvalue weighted by Gasteiger charge is -2.35. The van der Waals surface area contributed by atoms with Gasteiger partial charge >= 0.3 is 5.97 Å². The van der Waals surface area contributed by atoms with Crippen molar-refractivity contribution in [3.05, 3.63) is 47.7 Å². The second kappa shape index (κ2) is 9.94. The molecule has 41 heavy (non-hydrogen) atoms. The van der Waals surface area contributed by atoms with Crippen LogP contribution in [0.1, 0.15) is 70.7 Å². The van der Waals surface area contributed by atoms with Gasteiger partial charge < -0.3 is 15.4 Å². The average Bonchev–Trinajstić information content (AvgIpc) is 3.42. The van der Waals surface area contributed by atoms with E-state index in [4.69, 9.17) is 9.72 Å². The van der Waals surface area contributed by atoms with Crippen molar-refractivity contribution < 1.29 is 23.9 Å². The van der Waals surface area contributed by atoms with Crippen LogP contribution < -0.4 is 16.1 Å². The first-order chi connectivity index (χ1) is 19.5. The Labute approximate surface area is 239 Å². The van der Waals surface area contributed by atoms with Crippen molar-refractivity contribution in [2.75, 3.05) is 6.54 Å². The fraction of sp³-hybridized carbons (Fsp3) is 0.516.